The van der Waals surface area contributed by atoms with E-state index >= 15 is 0 Å². The zero-order valence-electron chi connectivity index (χ0n) is 6.46. The van der Waals surface area contributed by atoms with Crippen LogP contribution in [0.25, 0.3) is 0 Å². The molecule has 0 aliphatic rings. The van der Waals surface area contributed by atoms with Gasteiger partial charge >= 0.3 is 0 Å². The maximum atomic E-state index is 11.2. The van der Waals surface area contributed by atoms with Gasteiger partial charge in [0.2, 0.25) is 0 Å². The Bertz CT molecular complexity index is 218. The standard InChI is InChI=1S/C8H11NOS/c1-11-6-4-8(10)7-3-2-5-9-7/h2-3,5,9H,4,6H2,1H3. The van der Waals surface area contributed by atoms with Gasteiger partial charge in [0.25, 0.3) is 0 Å². The van der Waals surface area contributed by atoms with Crippen LogP contribution < -0.4 is 0 Å². The molecule has 3 heteroatoms. The van der Waals surface area contributed by atoms with Crippen LogP contribution in [0.1, 0.15) is 16.9 Å². The molecule has 0 spiro atoms. The lowest BCUT2D eigenvalue weighted by Gasteiger charge is -1.94. The molecule has 0 aliphatic heterocycles. The van der Waals surface area contributed by atoms with Gasteiger partial charge in [-0.25, -0.2) is 0 Å². The summed E-state index contributed by atoms with van der Waals surface area (Å²) in [4.78, 5) is 14.1. The van der Waals surface area contributed by atoms with Crippen LogP contribution in [0.2, 0.25) is 0 Å². The second kappa shape index (κ2) is 4.23. The van der Waals surface area contributed by atoms with Gasteiger partial charge in [0.05, 0.1) is 5.69 Å². The molecule has 0 aliphatic carbocycles. The number of carbonyl (C=O) groups is 1. The summed E-state index contributed by atoms with van der Waals surface area (Å²) >= 11 is 1.69. The van der Waals surface area contributed by atoms with Crippen LogP contribution in [-0.2, 0) is 0 Å². The molecular formula is C8H11NOS. The SMILES string of the molecule is CSCCC(=O)c1ccc[nH]1. The largest absolute Gasteiger partial charge is 0.359 e. The number of carbonyl (C=O) groups excluding carboxylic acids is 1. The summed E-state index contributed by atoms with van der Waals surface area (Å²) in [5.41, 5.74) is 0.721. The van der Waals surface area contributed by atoms with Gasteiger partial charge in [0, 0.05) is 18.4 Å². The fraction of sp³-hybridized carbons (Fsp3) is 0.375. The molecular weight excluding hydrogens is 158 g/mol. The van der Waals surface area contributed by atoms with E-state index in [0.29, 0.717) is 6.42 Å². The minimum atomic E-state index is 0.198. The summed E-state index contributed by atoms with van der Waals surface area (Å²) in [7, 11) is 0. The second-order valence-electron chi connectivity index (χ2n) is 2.25. The van der Waals surface area contributed by atoms with Gasteiger partial charge in [-0.2, -0.15) is 11.8 Å². The van der Waals surface area contributed by atoms with Crippen LogP contribution in [0, 0.1) is 0 Å². The van der Waals surface area contributed by atoms with E-state index in [-0.39, 0.29) is 5.78 Å². The van der Waals surface area contributed by atoms with E-state index < -0.39 is 0 Å². The van der Waals surface area contributed by atoms with Crippen LogP contribution in [0.3, 0.4) is 0 Å². The third-order valence-electron chi connectivity index (χ3n) is 1.43. The van der Waals surface area contributed by atoms with Gasteiger partial charge in [0.15, 0.2) is 5.78 Å². The van der Waals surface area contributed by atoms with Crippen LogP contribution in [0.15, 0.2) is 18.3 Å². The third kappa shape index (κ3) is 2.42. The van der Waals surface area contributed by atoms with Gasteiger partial charge < -0.3 is 4.98 Å². The van der Waals surface area contributed by atoms with Crippen molar-refractivity contribution >= 4 is 17.5 Å². The summed E-state index contributed by atoms with van der Waals surface area (Å²) in [5, 5.41) is 0. The van der Waals surface area contributed by atoms with E-state index in [2.05, 4.69) is 4.98 Å². The lowest BCUT2D eigenvalue weighted by molar-refractivity contribution is 0.0985. The topological polar surface area (TPSA) is 32.9 Å². The number of H-pyrrole nitrogens is 1. The van der Waals surface area contributed by atoms with Gasteiger partial charge in [-0.3, -0.25) is 4.79 Å². The van der Waals surface area contributed by atoms with Crippen molar-refractivity contribution in [1.82, 2.24) is 4.98 Å². The fourth-order valence-corrected chi connectivity index (χ4v) is 1.22. The quantitative estimate of drug-likeness (QED) is 0.699. The van der Waals surface area contributed by atoms with Crippen molar-refractivity contribution in [1.29, 1.82) is 0 Å². The van der Waals surface area contributed by atoms with Crippen molar-refractivity contribution in [2.24, 2.45) is 0 Å². The maximum Gasteiger partial charge on any atom is 0.179 e. The lowest BCUT2D eigenvalue weighted by atomic mass is 10.2. The minimum Gasteiger partial charge on any atom is -0.359 e. The number of rotatable bonds is 4. The summed E-state index contributed by atoms with van der Waals surface area (Å²) in [6.45, 7) is 0. The number of aromatic nitrogens is 1. The molecule has 0 atom stereocenters. The molecule has 11 heavy (non-hydrogen) atoms. The predicted molar refractivity (Wildman–Crippen MR) is 48.1 cm³/mol. The zero-order valence-corrected chi connectivity index (χ0v) is 7.28. The molecule has 0 saturated heterocycles. The molecule has 0 radical (unpaired) electrons. The molecule has 1 heterocycles. The second-order valence-corrected chi connectivity index (χ2v) is 3.24. The first-order chi connectivity index (χ1) is 5.34. The van der Waals surface area contributed by atoms with E-state index in [9.17, 15) is 4.79 Å². The number of ketones is 1. The van der Waals surface area contributed by atoms with Gasteiger partial charge in [-0.1, -0.05) is 0 Å². The van der Waals surface area contributed by atoms with Crippen LogP contribution in [-0.4, -0.2) is 22.8 Å². The first-order valence-corrected chi connectivity index (χ1v) is 4.89. The Kier molecular flexibility index (Phi) is 3.23. The van der Waals surface area contributed by atoms with Gasteiger partial charge in [-0.05, 0) is 18.4 Å². The first kappa shape index (κ1) is 8.40. The van der Waals surface area contributed by atoms with E-state index in [1.165, 1.54) is 0 Å². The molecule has 0 fully saturated rings. The number of aromatic amines is 1. The van der Waals surface area contributed by atoms with Crippen molar-refractivity contribution in [3.8, 4) is 0 Å². The number of thioether (sulfide) groups is 1. The molecule has 1 aromatic rings. The Morgan fingerprint density at radius 1 is 1.73 bits per heavy atom. The number of Topliss-reactive ketones (excluding diaryl/α,β-unsaturated/α-hetero) is 1. The molecule has 1 rings (SSSR count). The van der Waals surface area contributed by atoms with Crippen molar-refractivity contribution < 1.29 is 4.79 Å². The Morgan fingerprint density at radius 3 is 3.09 bits per heavy atom. The Morgan fingerprint density at radius 2 is 2.55 bits per heavy atom. The Balaban J connectivity index is 2.43. The molecule has 1 N–H and O–H groups in total. The molecule has 0 aromatic carbocycles. The highest BCUT2D eigenvalue weighted by Gasteiger charge is 2.03. The average Bonchev–Trinajstić information content (AvgIpc) is 2.52. The van der Waals surface area contributed by atoms with Gasteiger partial charge in [-0.15, -0.1) is 0 Å². The normalized spacial score (nSPS) is 9.91. The van der Waals surface area contributed by atoms with E-state index in [0.717, 1.165) is 11.4 Å². The third-order valence-corrected chi connectivity index (χ3v) is 2.04. The summed E-state index contributed by atoms with van der Waals surface area (Å²) in [6, 6.07) is 3.65. The smallest absolute Gasteiger partial charge is 0.179 e. The van der Waals surface area contributed by atoms with Crippen LogP contribution >= 0.6 is 11.8 Å². The summed E-state index contributed by atoms with van der Waals surface area (Å²) in [5.74, 6) is 1.10. The van der Waals surface area contributed by atoms with Crippen molar-refractivity contribution in [2.45, 2.75) is 6.42 Å². The van der Waals surface area contributed by atoms with E-state index in [1.807, 2.05) is 18.4 Å². The highest BCUT2D eigenvalue weighted by atomic mass is 32.2. The number of nitrogens with one attached hydrogen (secondary N) is 1. The number of hydrogen-bond donors (Lipinski definition) is 1. The monoisotopic (exact) mass is 169 g/mol. The van der Waals surface area contributed by atoms with E-state index in [4.69, 9.17) is 0 Å². The Hall–Kier alpha value is -0.700. The molecule has 60 valence electrons. The lowest BCUT2D eigenvalue weighted by Crippen LogP contribution is -2.00. The highest BCUT2D eigenvalue weighted by molar-refractivity contribution is 7.98. The summed E-state index contributed by atoms with van der Waals surface area (Å²) in [6.07, 6.45) is 4.40. The van der Waals surface area contributed by atoms with Crippen LogP contribution in [0.4, 0.5) is 0 Å². The van der Waals surface area contributed by atoms with Crippen molar-refractivity contribution in [2.75, 3.05) is 12.0 Å². The highest BCUT2D eigenvalue weighted by Crippen LogP contribution is 2.03. The maximum absolute atomic E-state index is 11.2. The Labute approximate surface area is 70.4 Å². The number of hydrogen-bond acceptors (Lipinski definition) is 2. The predicted octanol–water partition coefficient (Wildman–Crippen LogP) is 1.95. The van der Waals surface area contributed by atoms with Crippen molar-refractivity contribution in [3.05, 3.63) is 24.0 Å². The molecule has 0 unspecified atom stereocenters. The first-order valence-electron chi connectivity index (χ1n) is 3.50. The molecule has 2 nitrogen and oxygen atoms in total. The fourth-order valence-electron chi connectivity index (χ4n) is 0.833. The van der Waals surface area contributed by atoms with E-state index in [1.54, 1.807) is 18.0 Å². The summed E-state index contributed by atoms with van der Waals surface area (Å²) < 4.78 is 0. The molecule has 0 saturated carbocycles. The minimum absolute atomic E-state index is 0.198. The zero-order chi connectivity index (χ0) is 8.10. The average molecular weight is 169 g/mol. The van der Waals surface area contributed by atoms with Gasteiger partial charge in [0.1, 0.15) is 0 Å². The van der Waals surface area contributed by atoms with Crippen LogP contribution in [0.5, 0.6) is 0 Å². The van der Waals surface area contributed by atoms with Crippen molar-refractivity contribution in [3.63, 3.8) is 0 Å². The molecule has 0 amide bonds. The molecule has 0 bridgehead atoms. The molecule has 1 aromatic heterocycles.